The van der Waals surface area contributed by atoms with Gasteiger partial charge in [-0.1, -0.05) is 97.7 Å². The molecule has 0 bridgehead atoms. The van der Waals surface area contributed by atoms with Gasteiger partial charge in [0.25, 0.3) is 10.0 Å². The van der Waals surface area contributed by atoms with Gasteiger partial charge in [0.1, 0.15) is 18.3 Å². The summed E-state index contributed by atoms with van der Waals surface area (Å²) in [5.74, 6) is -0.619. The van der Waals surface area contributed by atoms with E-state index in [1.54, 1.807) is 60.7 Å². The van der Waals surface area contributed by atoms with Gasteiger partial charge in [-0.3, -0.25) is 13.9 Å². The van der Waals surface area contributed by atoms with E-state index < -0.39 is 28.5 Å². The average Bonchev–Trinajstić information content (AvgIpc) is 3.06. The second-order valence-electron chi connectivity index (χ2n) is 11.0. The first-order valence-electron chi connectivity index (χ1n) is 15.2. The van der Waals surface area contributed by atoms with Crippen LogP contribution in [0.2, 0.25) is 5.02 Å². The molecule has 0 unspecified atom stereocenters. The molecule has 0 aromatic heterocycles. The Kier molecular flexibility index (Phi) is 12.2. The van der Waals surface area contributed by atoms with Crippen molar-refractivity contribution in [2.45, 2.75) is 50.6 Å². The number of carbonyl (C=O) groups is 2. The lowest BCUT2D eigenvalue weighted by atomic mass is 10.0. The largest absolute Gasteiger partial charge is 0.495 e. The van der Waals surface area contributed by atoms with Crippen LogP contribution in [0, 0.1) is 6.92 Å². The number of rotatable bonds is 15. The van der Waals surface area contributed by atoms with Gasteiger partial charge in [0, 0.05) is 24.5 Å². The molecule has 0 saturated heterocycles. The topological polar surface area (TPSA) is 96.0 Å². The van der Waals surface area contributed by atoms with Crippen LogP contribution in [0.15, 0.2) is 108 Å². The van der Waals surface area contributed by atoms with Crippen LogP contribution < -0.4 is 14.4 Å². The van der Waals surface area contributed by atoms with Gasteiger partial charge in [-0.2, -0.15) is 0 Å². The fourth-order valence-electron chi connectivity index (χ4n) is 5.10. The number of anilines is 1. The van der Waals surface area contributed by atoms with Crippen LogP contribution in [0.25, 0.3) is 0 Å². The molecule has 0 fully saturated rings. The molecule has 4 rings (SSSR count). The molecule has 0 radical (unpaired) electrons. The number of hydrogen-bond acceptors (Lipinski definition) is 5. The van der Waals surface area contributed by atoms with Crippen molar-refractivity contribution in [3.8, 4) is 5.75 Å². The van der Waals surface area contributed by atoms with E-state index in [-0.39, 0.29) is 35.2 Å². The molecule has 1 atom stereocenters. The number of nitrogens with zero attached hydrogens (tertiary/aromatic N) is 2. The lowest BCUT2D eigenvalue weighted by Gasteiger charge is -2.34. The average molecular weight is 662 g/mol. The van der Waals surface area contributed by atoms with Crippen LogP contribution in [-0.2, 0) is 32.6 Å². The Hall–Kier alpha value is -4.34. The molecule has 2 amide bonds. The number of amides is 2. The molecule has 0 aliphatic carbocycles. The Morgan fingerprint density at radius 3 is 2.22 bits per heavy atom. The van der Waals surface area contributed by atoms with E-state index in [2.05, 4.69) is 5.32 Å². The standard InChI is InChI=1S/C36H40ClN3O5S/c1-4-5-22-38-36(42)33(24-28-14-8-6-9-15-28)39(25-29-16-12-13-19-31(29)37)35(41)26-40(32-23-27(2)20-21-34(32)45-3)46(43,44)30-17-10-7-11-18-30/h6-21,23,33H,4-5,22,24-26H2,1-3H3,(H,38,42)/t33-/m1/s1. The van der Waals surface area contributed by atoms with Gasteiger partial charge in [0.15, 0.2) is 0 Å². The van der Waals surface area contributed by atoms with Gasteiger partial charge in [0.2, 0.25) is 11.8 Å². The summed E-state index contributed by atoms with van der Waals surface area (Å²) in [6, 6.07) is 28.7. The van der Waals surface area contributed by atoms with Crippen LogP contribution in [-0.4, -0.2) is 51.4 Å². The fourth-order valence-corrected chi connectivity index (χ4v) is 6.73. The Bertz CT molecular complexity index is 1720. The number of benzene rings is 4. The van der Waals surface area contributed by atoms with Crippen molar-refractivity contribution in [1.29, 1.82) is 0 Å². The number of ether oxygens (including phenoxy) is 1. The minimum absolute atomic E-state index is 0.0125. The quantitative estimate of drug-likeness (QED) is 0.149. The third-order valence-electron chi connectivity index (χ3n) is 7.61. The minimum atomic E-state index is -4.26. The molecular formula is C36H40ClN3O5S. The highest BCUT2D eigenvalue weighted by molar-refractivity contribution is 7.92. The smallest absolute Gasteiger partial charge is 0.264 e. The normalized spacial score (nSPS) is 11.8. The molecule has 0 aliphatic heterocycles. The van der Waals surface area contributed by atoms with E-state index in [0.717, 1.165) is 28.3 Å². The lowest BCUT2D eigenvalue weighted by molar-refractivity contribution is -0.140. The van der Waals surface area contributed by atoms with Crippen LogP contribution in [0.1, 0.15) is 36.5 Å². The maximum atomic E-state index is 14.6. The predicted molar refractivity (Wildman–Crippen MR) is 183 cm³/mol. The SMILES string of the molecule is CCCCNC(=O)[C@@H](Cc1ccccc1)N(Cc1ccccc1Cl)C(=O)CN(c1cc(C)ccc1OC)S(=O)(=O)c1ccccc1. The van der Waals surface area contributed by atoms with Crippen LogP contribution in [0.4, 0.5) is 5.69 Å². The zero-order valence-corrected chi connectivity index (χ0v) is 27.9. The third kappa shape index (κ3) is 8.68. The zero-order valence-electron chi connectivity index (χ0n) is 26.4. The maximum Gasteiger partial charge on any atom is 0.264 e. The molecule has 8 nitrogen and oxygen atoms in total. The Labute approximate surface area is 277 Å². The molecule has 0 heterocycles. The van der Waals surface area contributed by atoms with E-state index in [1.807, 2.05) is 44.2 Å². The number of carbonyl (C=O) groups excluding carboxylic acids is 2. The second kappa shape index (κ2) is 16.3. The van der Waals surface area contributed by atoms with Crippen molar-refractivity contribution in [2.75, 3.05) is 24.5 Å². The van der Waals surface area contributed by atoms with E-state index in [4.69, 9.17) is 16.3 Å². The summed E-state index contributed by atoms with van der Waals surface area (Å²) < 4.78 is 35.1. The molecule has 0 saturated carbocycles. The highest BCUT2D eigenvalue weighted by Gasteiger charge is 2.35. The molecule has 46 heavy (non-hydrogen) atoms. The summed E-state index contributed by atoms with van der Waals surface area (Å²) in [6.07, 6.45) is 1.88. The first-order chi connectivity index (χ1) is 22.1. The lowest BCUT2D eigenvalue weighted by Crippen LogP contribution is -2.53. The van der Waals surface area contributed by atoms with Crippen molar-refractivity contribution < 1.29 is 22.7 Å². The number of halogens is 1. The van der Waals surface area contributed by atoms with Gasteiger partial charge < -0.3 is 15.0 Å². The highest BCUT2D eigenvalue weighted by atomic mass is 35.5. The molecule has 0 spiro atoms. The summed E-state index contributed by atoms with van der Waals surface area (Å²) >= 11 is 6.57. The predicted octanol–water partition coefficient (Wildman–Crippen LogP) is 6.41. The summed E-state index contributed by atoms with van der Waals surface area (Å²) in [5, 5.41) is 3.42. The number of methoxy groups -OCH3 is 1. The van der Waals surface area contributed by atoms with E-state index in [9.17, 15) is 18.0 Å². The second-order valence-corrected chi connectivity index (χ2v) is 13.2. The van der Waals surface area contributed by atoms with Crippen molar-refractivity contribution in [2.24, 2.45) is 0 Å². The molecule has 10 heteroatoms. The van der Waals surface area contributed by atoms with Gasteiger partial charge >= 0.3 is 0 Å². The van der Waals surface area contributed by atoms with Crippen LogP contribution in [0.5, 0.6) is 5.75 Å². The minimum Gasteiger partial charge on any atom is -0.495 e. The first kappa shape index (κ1) is 34.5. The fraction of sp³-hybridized carbons (Fsp3) is 0.278. The van der Waals surface area contributed by atoms with E-state index in [0.29, 0.717) is 17.1 Å². The van der Waals surface area contributed by atoms with E-state index in [1.165, 1.54) is 24.1 Å². The monoisotopic (exact) mass is 661 g/mol. The Morgan fingerprint density at radius 1 is 0.913 bits per heavy atom. The molecule has 1 N–H and O–H groups in total. The maximum absolute atomic E-state index is 14.6. The van der Waals surface area contributed by atoms with E-state index >= 15 is 0 Å². The Balaban J connectivity index is 1.84. The number of hydrogen-bond donors (Lipinski definition) is 1. The molecule has 242 valence electrons. The van der Waals surface area contributed by atoms with Gasteiger partial charge in [-0.25, -0.2) is 8.42 Å². The molecule has 4 aromatic carbocycles. The molecular weight excluding hydrogens is 622 g/mol. The first-order valence-corrected chi connectivity index (χ1v) is 17.0. The summed E-state index contributed by atoms with van der Waals surface area (Å²) in [7, 11) is -2.81. The van der Waals surface area contributed by atoms with Crippen molar-refractivity contribution >= 4 is 39.1 Å². The highest BCUT2D eigenvalue weighted by Crippen LogP contribution is 2.34. The summed E-state index contributed by atoms with van der Waals surface area (Å²) in [5.41, 5.74) is 2.47. The van der Waals surface area contributed by atoms with Crippen LogP contribution >= 0.6 is 11.6 Å². The van der Waals surface area contributed by atoms with Gasteiger partial charge in [-0.15, -0.1) is 0 Å². The number of aryl methyl sites for hydroxylation is 1. The van der Waals surface area contributed by atoms with Crippen molar-refractivity contribution in [1.82, 2.24) is 10.2 Å². The zero-order chi connectivity index (χ0) is 33.1. The Morgan fingerprint density at radius 2 is 1.57 bits per heavy atom. The number of nitrogens with one attached hydrogen (secondary N) is 1. The summed E-state index contributed by atoms with van der Waals surface area (Å²) in [6.45, 7) is 3.71. The van der Waals surface area contributed by atoms with Crippen LogP contribution in [0.3, 0.4) is 0 Å². The van der Waals surface area contributed by atoms with Gasteiger partial charge in [-0.05, 0) is 60.4 Å². The van der Waals surface area contributed by atoms with Gasteiger partial charge in [0.05, 0.1) is 17.7 Å². The summed E-state index contributed by atoms with van der Waals surface area (Å²) in [4.78, 5) is 30.0. The third-order valence-corrected chi connectivity index (χ3v) is 9.75. The molecule has 0 aliphatic rings. The molecule has 4 aromatic rings. The van der Waals surface area contributed by atoms with Crippen molar-refractivity contribution in [3.05, 3.63) is 125 Å². The number of unbranched alkanes of at least 4 members (excludes halogenated alkanes) is 1. The van der Waals surface area contributed by atoms with Crippen molar-refractivity contribution in [3.63, 3.8) is 0 Å². The number of sulfonamides is 1.